The minimum atomic E-state index is 0. The van der Waals surface area contributed by atoms with Gasteiger partial charge in [-0.25, -0.2) is 9.97 Å². The van der Waals surface area contributed by atoms with Crippen molar-refractivity contribution in [2.75, 3.05) is 37.3 Å². The van der Waals surface area contributed by atoms with E-state index < -0.39 is 0 Å². The fourth-order valence-corrected chi connectivity index (χ4v) is 2.84. The minimum Gasteiger partial charge on any atom is -0.381 e. The molecule has 1 fully saturated rings. The first-order valence-electron chi connectivity index (χ1n) is 7.18. The van der Waals surface area contributed by atoms with E-state index in [0.717, 1.165) is 36.5 Å². The molecular formula is C15H22ClN5. The maximum atomic E-state index is 6.06. The molecule has 1 unspecified atom stereocenters. The van der Waals surface area contributed by atoms with Crippen molar-refractivity contribution < 1.29 is 0 Å². The monoisotopic (exact) mass is 307 g/mol. The Morgan fingerprint density at radius 2 is 2.00 bits per heavy atom. The van der Waals surface area contributed by atoms with Crippen LogP contribution in [0.15, 0.2) is 24.3 Å². The summed E-state index contributed by atoms with van der Waals surface area (Å²) in [5, 5.41) is 3.44. The molecule has 1 atom stereocenters. The molecule has 1 aromatic heterocycles. The summed E-state index contributed by atoms with van der Waals surface area (Å²) in [5.41, 5.74) is 7.80. The molecule has 1 saturated heterocycles. The van der Waals surface area contributed by atoms with Crippen molar-refractivity contribution in [3.63, 3.8) is 0 Å². The van der Waals surface area contributed by atoms with Crippen LogP contribution in [0, 0.1) is 5.92 Å². The van der Waals surface area contributed by atoms with Crippen molar-refractivity contribution in [3.8, 4) is 0 Å². The summed E-state index contributed by atoms with van der Waals surface area (Å²) < 4.78 is 0. The third-order valence-corrected chi connectivity index (χ3v) is 3.87. The van der Waals surface area contributed by atoms with Crippen LogP contribution >= 0.6 is 12.4 Å². The van der Waals surface area contributed by atoms with Crippen LogP contribution in [0.5, 0.6) is 0 Å². The number of hydrogen-bond acceptors (Lipinski definition) is 5. The van der Waals surface area contributed by atoms with Gasteiger partial charge in [0.25, 0.3) is 0 Å². The number of fused-ring (bicyclic) bond motifs is 1. The number of aromatic nitrogens is 2. The quantitative estimate of drug-likeness (QED) is 0.908. The Balaban J connectivity index is 0.00000161. The molecule has 2 aromatic rings. The predicted molar refractivity (Wildman–Crippen MR) is 90.1 cm³/mol. The van der Waals surface area contributed by atoms with Gasteiger partial charge in [-0.15, -0.1) is 12.4 Å². The molecular weight excluding hydrogens is 286 g/mol. The number of piperidine rings is 1. The summed E-state index contributed by atoms with van der Waals surface area (Å²) in [6, 6.07) is 7.84. The number of nitrogens with zero attached hydrogens (tertiary/aromatic N) is 3. The van der Waals surface area contributed by atoms with Gasteiger partial charge in [0.2, 0.25) is 0 Å². The molecule has 3 rings (SSSR count). The van der Waals surface area contributed by atoms with Crippen LogP contribution in [-0.4, -0.2) is 36.6 Å². The highest BCUT2D eigenvalue weighted by molar-refractivity contribution is 5.85. The summed E-state index contributed by atoms with van der Waals surface area (Å²) in [6.45, 7) is 3.17. The largest absolute Gasteiger partial charge is 0.381 e. The van der Waals surface area contributed by atoms with Crippen LogP contribution in [0.3, 0.4) is 0 Å². The van der Waals surface area contributed by atoms with Crippen LogP contribution in [-0.2, 0) is 0 Å². The molecule has 21 heavy (non-hydrogen) atoms. The molecule has 114 valence electrons. The summed E-state index contributed by atoms with van der Waals surface area (Å²) >= 11 is 0. The fourth-order valence-electron chi connectivity index (χ4n) is 2.84. The number of rotatable bonds is 3. The van der Waals surface area contributed by atoms with E-state index in [4.69, 9.17) is 5.73 Å². The normalized spacial score (nSPS) is 18.2. The highest BCUT2D eigenvalue weighted by atomic mass is 35.5. The Morgan fingerprint density at radius 3 is 2.67 bits per heavy atom. The van der Waals surface area contributed by atoms with E-state index in [1.807, 2.05) is 31.3 Å². The Kier molecular flexibility index (Phi) is 5.20. The van der Waals surface area contributed by atoms with Gasteiger partial charge in [0, 0.05) is 13.6 Å². The van der Waals surface area contributed by atoms with Crippen molar-refractivity contribution in [3.05, 3.63) is 24.3 Å². The Morgan fingerprint density at radius 1 is 1.29 bits per heavy atom. The Labute approximate surface area is 131 Å². The van der Waals surface area contributed by atoms with Crippen molar-refractivity contribution in [1.82, 2.24) is 15.3 Å². The Bertz CT molecular complexity index is 598. The van der Waals surface area contributed by atoms with Crippen LogP contribution in [0.25, 0.3) is 11.0 Å². The van der Waals surface area contributed by atoms with Gasteiger partial charge in [0.1, 0.15) is 0 Å². The first-order chi connectivity index (χ1) is 9.74. The van der Waals surface area contributed by atoms with E-state index in [1.54, 1.807) is 0 Å². The molecule has 0 spiro atoms. The maximum absolute atomic E-state index is 6.06. The van der Waals surface area contributed by atoms with Crippen LogP contribution in [0.2, 0.25) is 0 Å². The molecule has 6 heteroatoms. The number of nitrogens with one attached hydrogen (secondary N) is 1. The van der Waals surface area contributed by atoms with E-state index in [2.05, 4.69) is 20.2 Å². The number of para-hydroxylation sites is 2. The number of nitrogen functional groups attached to an aromatic ring is 1. The second kappa shape index (κ2) is 6.91. The lowest BCUT2D eigenvalue weighted by molar-refractivity contribution is 0.380. The zero-order chi connectivity index (χ0) is 13.9. The first kappa shape index (κ1) is 15.8. The van der Waals surface area contributed by atoms with Crippen LogP contribution in [0.1, 0.15) is 12.8 Å². The predicted octanol–water partition coefficient (Wildman–Crippen LogP) is 2.07. The summed E-state index contributed by atoms with van der Waals surface area (Å²) in [5.74, 6) is 1.95. The van der Waals surface area contributed by atoms with Gasteiger partial charge in [-0.1, -0.05) is 12.1 Å². The van der Waals surface area contributed by atoms with Crippen LogP contribution < -0.4 is 16.0 Å². The molecule has 0 aliphatic carbocycles. The van der Waals surface area contributed by atoms with Gasteiger partial charge in [0.15, 0.2) is 11.6 Å². The number of hydrogen-bond donors (Lipinski definition) is 2. The van der Waals surface area contributed by atoms with Gasteiger partial charge in [0.05, 0.1) is 11.0 Å². The average Bonchev–Trinajstić information content (AvgIpc) is 2.47. The van der Waals surface area contributed by atoms with E-state index in [9.17, 15) is 0 Å². The lowest BCUT2D eigenvalue weighted by atomic mass is 9.99. The molecule has 1 aliphatic heterocycles. The van der Waals surface area contributed by atoms with Crippen molar-refractivity contribution in [2.24, 2.45) is 5.92 Å². The van der Waals surface area contributed by atoms with Gasteiger partial charge < -0.3 is 16.0 Å². The zero-order valence-electron chi connectivity index (χ0n) is 12.2. The second-order valence-electron chi connectivity index (χ2n) is 5.51. The molecule has 2 heterocycles. The summed E-state index contributed by atoms with van der Waals surface area (Å²) in [4.78, 5) is 11.2. The minimum absolute atomic E-state index is 0. The second-order valence-corrected chi connectivity index (χ2v) is 5.51. The number of halogens is 1. The van der Waals surface area contributed by atoms with Gasteiger partial charge in [-0.05, 0) is 44.0 Å². The molecule has 0 saturated carbocycles. The maximum Gasteiger partial charge on any atom is 0.171 e. The first-order valence-corrected chi connectivity index (χ1v) is 7.18. The smallest absolute Gasteiger partial charge is 0.171 e. The summed E-state index contributed by atoms with van der Waals surface area (Å²) in [6.07, 6.45) is 2.51. The average molecular weight is 308 g/mol. The highest BCUT2D eigenvalue weighted by Gasteiger charge is 2.18. The molecule has 1 aliphatic rings. The van der Waals surface area contributed by atoms with Gasteiger partial charge in [-0.2, -0.15) is 0 Å². The third-order valence-electron chi connectivity index (χ3n) is 3.87. The van der Waals surface area contributed by atoms with E-state index >= 15 is 0 Å². The molecule has 5 nitrogen and oxygen atoms in total. The standard InChI is InChI=1S/C15H21N5.ClH/c1-20(10-11-5-4-8-17-9-11)15-14(16)18-12-6-2-3-7-13(12)19-15;/h2-3,6-7,11,17H,4-5,8-10H2,1H3,(H2,16,18);1H. The van der Waals surface area contributed by atoms with Gasteiger partial charge in [-0.3, -0.25) is 0 Å². The van der Waals surface area contributed by atoms with E-state index in [0.29, 0.717) is 11.7 Å². The lowest BCUT2D eigenvalue weighted by Gasteiger charge is -2.28. The third kappa shape index (κ3) is 3.54. The number of anilines is 2. The Hall–Kier alpha value is -1.59. The van der Waals surface area contributed by atoms with Crippen molar-refractivity contribution >= 4 is 35.1 Å². The van der Waals surface area contributed by atoms with Gasteiger partial charge >= 0.3 is 0 Å². The SMILES string of the molecule is CN(CC1CCCNC1)c1nc2ccccc2nc1N.Cl. The van der Waals surface area contributed by atoms with Crippen molar-refractivity contribution in [1.29, 1.82) is 0 Å². The number of benzene rings is 1. The highest BCUT2D eigenvalue weighted by Crippen LogP contribution is 2.23. The lowest BCUT2D eigenvalue weighted by Crippen LogP contribution is -2.37. The topological polar surface area (TPSA) is 67.1 Å². The molecule has 0 bridgehead atoms. The molecule has 0 radical (unpaired) electrons. The molecule has 1 aromatic carbocycles. The van der Waals surface area contributed by atoms with E-state index in [-0.39, 0.29) is 12.4 Å². The molecule has 0 amide bonds. The molecule has 3 N–H and O–H groups in total. The fraction of sp³-hybridized carbons (Fsp3) is 0.467. The van der Waals surface area contributed by atoms with E-state index in [1.165, 1.54) is 12.8 Å². The van der Waals surface area contributed by atoms with Crippen molar-refractivity contribution in [2.45, 2.75) is 12.8 Å². The van der Waals surface area contributed by atoms with Crippen LogP contribution in [0.4, 0.5) is 11.6 Å². The number of nitrogens with two attached hydrogens (primary N) is 1. The summed E-state index contributed by atoms with van der Waals surface area (Å²) in [7, 11) is 2.05. The zero-order valence-corrected chi connectivity index (χ0v) is 13.1.